The van der Waals surface area contributed by atoms with Gasteiger partial charge in [-0.25, -0.2) is 17.5 Å². The van der Waals surface area contributed by atoms with Gasteiger partial charge in [-0.15, -0.1) is 0 Å². The highest BCUT2D eigenvalue weighted by molar-refractivity contribution is 7.89. The van der Waals surface area contributed by atoms with Crippen molar-refractivity contribution in [2.45, 2.75) is 18.2 Å². The maximum atomic E-state index is 12.7. The molecule has 19 heavy (non-hydrogen) atoms. The van der Waals surface area contributed by atoms with Gasteiger partial charge in [-0.2, -0.15) is 5.10 Å². The van der Waals surface area contributed by atoms with E-state index in [0.717, 1.165) is 0 Å². The molecule has 0 unspecified atom stereocenters. The molecule has 2 aromatic rings. The average Bonchev–Trinajstić information content (AvgIpc) is 2.87. The number of aromatic nitrogens is 2. The second kappa shape index (κ2) is 5.47. The van der Waals surface area contributed by atoms with Gasteiger partial charge in [-0.1, -0.05) is 12.1 Å². The number of aromatic amines is 1. The van der Waals surface area contributed by atoms with Gasteiger partial charge in [0, 0.05) is 12.1 Å². The molecule has 102 valence electrons. The Hall–Kier alpha value is -1.77. The maximum Gasteiger partial charge on any atom is 0.258 e. The number of rotatable bonds is 5. The molecule has 0 bridgehead atoms. The Bertz CT molecular complexity index is 652. The zero-order valence-electron chi connectivity index (χ0n) is 9.80. The lowest BCUT2D eigenvalue weighted by atomic mass is 10.2. The molecule has 0 aliphatic rings. The van der Waals surface area contributed by atoms with Gasteiger partial charge >= 0.3 is 0 Å². The third-order valence-electron chi connectivity index (χ3n) is 2.50. The molecule has 0 amide bonds. The van der Waals surface area contributed by atoms with E-state index in [-0.39, 0.29) is 23.0 Å². The van der Waals surface area contributed by atoms with Gasteiger partial charge in [-0.3, -0.25) is 5.10 Å². The number of benzene rings is 1. The quantitative estimate of drug-likeness (QED) is 0.746. The first-order valence-corrected chi connectivity index (χ1v) is 6.88. The Morgan fingerprint density at radius 2 is 2.00 bits per heavy atom. The molecule has 0 fully saturated rings. The van der Waals surface area contributed by atoms with Crippen LogP contribution in [0.2, 0.25) is 0 Å². The predicted molar refractivity (Wildman–Crippen MR) is 64.9 cm³/mol. The zero-order chi connectivity index (χ0) is 13.9. The van der Waals surface area contributed by atoms with E-state index in [1.54, 1.807) is 0 Å². The molecule has 0 radical (unpaired) electrons. The van der Waals surface area contributed by atoms with Gasteiger partial charge in [-0.05, 0) is 17.7 Å². The summed E-state index contributed by atoms with van der Waals surface area (Å²) >= 11 is 0. The molecular weight excluding hydrogens is 273 g/mol. The summed E-state index contributed by atoms with van der Waals surface area (Å²) in [6.45, 7) is -0.407. The summed E-state index contributed by atoms with van der Waals surface area (Å²) in [6.07, 6.45) is 1.24. The van der Waals surface area contributed by atoms with Crippen molar-refractivity contribution in [2.75, 3.05) is 0 Å². The van der Waals surface area contributed by atoms with Crippen molar-refractivity contribution in [1.29, 1.82) is 0 Å². The van der Waals surface area contributed by atoms with Crippen LogP contribution in [0.15, 0.2) is 35.5 Å². The Balaban J connectivity index is 2.12. The monoisotopic (exact) mass is 285 g/mol. The SMILES string of the molecule is O=S(=O)(NCc1ccc(F)cc1)c1[nH]ncc1CO. The van der Waals surface area contributed by atoms with Gasteiger partial charge < -0.3 is 5.11 Å². The fraction of sp³-hybridized carbons (Fsp3) is 0.182. The Morgan fingerprint density at radius 3 is 2.63 bits per heavy atom. The van der Waals surface area contributed by atoms with Crippen molar-refractivity contribution >= 4 is 10.0 Å². The molecule has 8 heteroatoms. The highest BCUT2D eigenvalue weighted by atomic mass is 32.2. The van der Waals surface area contributed by atoms with Crippen LogP contribution in [0.5, 0.6) is 0 Å². The summed E-state index contributed by atoms with van der Waals surface area (Å²) in [7, 11) is -3.79. The van der Waals surface area contributed by atoms with E-state index in [1.807, 2.05) is 0 Å². The van der Waals surface area contributed by atoms with Crippen LogP contribution in [0.4, 0.5) is 4.39 Å². The van der Waals surface area contributed by atoms with Crippen LogP contribution in [-0.4, -0.2) is 23.7 Å². The lowest BCUT2D eigenvalue weighted by Gasteiger charge is -2.06. The number of nitrogens with one attached hydrogen (secondary N) is 2. The number of H-pyrrole nitrogens is 1. The molecular formula is C11H12FN3O3S. The van der Waals surface area contributed by atoms with E-state index in [9.17, 15) is 12.8 Å². The normalized spacial score (nSPS) is 11.7. The summed E-state index contributed by atoms with van der Waals surface area (Å²) < 4.78 is 38.9. The number of hydrogen-bond donors (Lipinski definition) is 3. The third kappa shape index (κ3) is 3.16. The predicted octanol–water partition coefficient (Wildman–Crippen LogP) is 0.520. The third-order valence-corrected chi connectivity index (χ3v) is 3.91. The van der Waals surface area contributed by atoms with Crippen LogP contribution in [0.1, 0.15) is 11.1 Å². The second-order valence-electron chi connectivity index (χ2n) is 3.83. The Kier molecular flexibility index (Phi) is 3.93. The zero-order valence-corrected chi connectivity index (χ0v) is 10.6. The molecule has 0 spiro atoms. The van der Waals surface area contributed by atoms with Gasteiger partial charge in [0.25, 0.3) is 10.0 Å². The van der Waals surface area contributed by atoms with Gasteiger partial charge in [0.05, 0.1) is 12.8 Å². The number of aliphatic hydroxyl groups is 1. The second-order valence-corrected chi connectivity index (χ2v) is 5.54. The first kappa shape index (κ1) is 13.7. The van der Waals surface area contributed by atoms with E-state index in [1.165, 1.54) is 30.5 Å². The standard InChI is InChI=1S/C11H12FN3O3S/c12-10-3-1-8(2-4-10)5-14-19(17,18)11-9(7-16)6-13-15-11/h1-4,6,14,16H,5,7H2,(H,13,15). The number of sulfonamides is 1. The van der Waals surface area contributed by atoms with Crippen LogP contribution >= 0.6 is 0 Å². The summed E-state index contributed by atoms with van der Waals surface area (Å²) in [5, 5.41) is 14.7. The number of halogens is 1. The molecule has 0 aliphatic heterocycles. The van der Waals surface area contributed by atoms with Gasteiger partial charge in [0.1, 0.15) is 5.82 Å². The molecule has 6 nitrogen and oxygen atoms in total. The first-order valence-electron chi connectivity index (χ1n) is 5.40. The highest BCUT2D eigenvalue weighted by Crippen LogP contribution is 2.12. The molecule has 0 aliphatic carbocycles. The van der Waals surface area contributed by atoms with E-state index in [4.69, 9.17) is 5.11 Å². The first-order chi connectivity index (χ1) is 9.03. The fourth-order valence-electron chi connectivity index (χ4n) is 1.50. The topological polar surface area (TPSA) is 95.1 Å². The lowest BCUT2D eigenvalue weighted by molar-refractivity contribution is 0.278. The molecule has 3 N–H and O–H groups in total. The van der Waals surface area contributed by atoms with E-state index >= 15 is 0 Å². The fourth-order valence-corrected chi connectivity index (χ4v) is 2.63. The van der Waals surface area contributed by atoms with Crippen LogP contribution in [0, 0.1) is 5.82 Å². The van der Waals surface area contributed by atoms with Gasteiger partial charge in [0.15, 0.2) is 5.03 Å². The Morgan fingerprint density at radius 1 is 1.32 bits per heavy atom. The van der Waals surface area contributed by atoms with E-state index in [0.29, 0.717) is 5.56 Å². The number of aliphatic hydroxyl groups excluding tert-OH is 1. The van der Waals surface area contributed by atoms with Crippen LogP contribution in [-0.2, 0) is 23.2 Å². The van der Waals surface area contributed by atoms with Crippen molar-refractivity contribution < 1.29 is 17.9 Å². The van der Waals surface area contributed by atoms with Crippen molar-refractivity contribution in [1.82, 2.24) is 14.9 Å². The summed E-state index contributed by atoms with van der Waals surface area (Å²) in [4.78, 5) is 0. The van der Waals surface area contributed by atoms with Crippen LogP contribution in [0.25, 0.3) is 0 Å². The highest BCUT2D eigenvalue weighted by Gasteiger charge is 2.19. The number of nitrogens with zero attached hydrogens (tertiary/aromatic N) is 1. The maximum absolute atomic E-state index is 12.7. The Labute approximate surface area is 109 Å². The molecule has 1 heterocycles. The van der Waals surface area contributed by atoms with Crippen molar-refractivity contribution in [3.8, 4) is 0 Å². The molecule has 0 saturated heterocycles. The van der Waals surface area contributed by atoms with Crippen molar-refractivity contribution in [3.63, 3.8) is 0 Å². The minimum Gasteiger partial charge on any atom is -0.392 e. The summed E-state index contributed by atoms with van der Waals surface area (Å²) in [5.41, 5.74) is 0.807. The summed E-state index contributed by atoms with van der Waals surface area (Å²) in [6, 6.07) is 5.47. The largest absolute Gasteiger partial charge is 0.392 e. The summed E-state index contributed by atoms with van der Waals surface area (Å²) in [5.74, 6) is -0.386. The molecule has 0 atom stereocenters. The molecule has 1 aromatic carbocycles. The molecule has 1 aromatic heterocycles. The molecule has 2 rings (SSSR count). The average molecular weight is 285 g/mol. The minimum atomic E-state index is -3.79. The smallest absolute Gasteiger partial charge is 0.258 e. The lowest BCUT2D eigenvalue weighted by Crippen LogP contribution is -2.24. The van der Waals surface area contributed by atoms with Crippen LogP contribution < -0.4 is 4.72 Å². The van der Waals surface area contributed by atoms with E-state index in [2.05, 4.69) is 14.9 Å². The van der Waals surface area contributed by atoms with Crippen molar-refractivity contribution in [2.24, 2.45) is 0 Å². The number of hydrogen-bond acceptors (Lipinski definition) is 4. The molecule has 0 saturated carbocycles. The minimum absolute atomic E-state index is 0.0203. The van der Waals surface area contributed by atoms with E-state index < -0.39 is 16.6 Å². The van der Waals surface area contributed by atoms with Crippen LogP contribution in [0.3, 0.4) is 0 Å². The van der Waals surface area contributed by atoms with Crippen molar-refractivity contribution in [3.05, 3.63) is 47.4 Å². The van der Waals surface area contributed by atoms with Gasteiger partial charge in [0.2, 0.25) is 0 Å².